The minimum Gasteiger partial charge on any atom is -0.494 e. The van der Waals surface area contributed by atoms with Crippen LogP contribution in [-0.4, -0.2) is 19.7 Å². The van der Waals surface area contributed by atoms with Gasteiger partial charge < -0.3 is 10.1 Å². The quantitative estimate of drug-likeness (QED) is 0.827. The van der Waals surface area contributed by atoms with E-state index in [2.05, 4.69) is 11.4 Å². The predicted octanol–water partition coefficient (Wildman–Crippen LogP) is 1.88. The molecule has 0 saturated heterocycles. The minimum absolute atomic E-state index is 0.178. The Labute approximate surface area is 94.8 Å². The Morgan fingerprint density at radius 2 is 2.31 bits per heavy atom. The van der Waals surface area contributed by atoms with Gasteiger partial charge >= 0.3 is 0 Å². The fraction of sp³-hybridized carbons (Fsp3) is 0.417. The largest absolute Gasteiger partial charge is 0.494 e. The van der Waals surface area contributed by atoms with E-state index in [1.54, 1.807) is 13.0 Å². The van der Waals surface area contributed by atoms with Crippen molar-refractivity contribution >= 4 is 0 Å². The molecule has 4 heteroatoms. The van der Waals surface area contributed by atoms with Gasteiger partial charge in [-0.25, -0.2) is 4.39 Å². The van der Waals surface area contributed by atoms with Gasteiger partial charge in [0.15, 0.2) is 11.6 Å². The van der Waals surface area contributed by atoms with E-state index in [9.17, 15) is 4.39 Å². The van der Waals surface area contributed by atoms with Crippen LogP contribution in [0.25, 0.3) is 0 Å². The zero-order valence-corrected chi connectivity index (χ0v) is 9.46. The SMILES string of the molecule is COc1ccc(CCNC(C)C#N)cc1F. The van der Waals surface area contributed by atoms with Gasteiger partial charge in [-0.1, -0.05) is 6.07 Å². The summed E-state index contributed by atoms with van der Waals surface area (Å²) >= 11 is 0. The number of nitrogens with zero attached hydrogens (tertiary/aromatic N) is 1. The van der Waals surface area contributed by atoms with Gasteiger partial charge in [-0.2, -0.15) is 5.26 Å². The molecule has 16 heavy (non-hydrogen) atoms. The van der Waals surface area contributed by atoms with Crippen molar-refractivity contribution < 1.29 is 9.13 Å². The van der Waals surface area contributed by atoms with Crippen LogP contribution in [-0.2, 0) is 6.42 Å². The number of halogens is 1. The highest BCUT2D eigenvalue weighted by atomic mass is 19.1. The lowest BCUT2D eigenvalue weighted by atomic mass is 10.1. The van der Waals surface area contributed by atoms with Gasteiger partial charge in [0.1, 0.15) is 0 Å². The average Bonchev–Trinajstić information content (AvgIpc) is 2.29. The van der Waals surface area contributed by atoms with Gasteiger partial charge in [-0.3, -0.25) is 0 Å². The van der Waals surface area contributed by atoms with E-state index in [1.807, 2.05) is 6.07 Å². The first kappa shape index (κ1) is 12.5. The Kier molecular flexibility index (Phi) is 4.74. The zero-order chi connectivity index (χ0) is 12.0. The summed E-state index contributed by atoms with van der Waals surface area (Å²) in [5.74, 6) is -0.101. The van der Waals surface area contributed by atoms with Crippen molar-refractivity contribution in [2.24, 2.45) is 0 Å². The summed E-state index contributed by atoms with van der Waals surface area (Å²) in [4.78, 5) is 0. The molecule has 1 unspecified atom stereocenters. The van der Waals surface area contributed by atoms with Crippen LogP contribution in [0.5, 0.6) is 5.75 Å². The smallest absolute Gasteiger partial charge is 0.165 e. The van der Waals surface area contributed by atoms with Gasteiger partial charge in [0.25, 0.3) is 0 Å². The Balaban J connectivity index is 2.50. The summed E-state index contributed by atoms with van der Waals surface area (Å²) in [6, 6.07) is 6.78. The second-order valence-corrected chi connectivity index (χ2v) is 3.52. The molecule has 0 radical (unpaired) electrons. The fourth-order valence-electron chi connectivity index (χ4n) is 1.34. The van der Waals surface area contributed by atoms with Gasteiger partial charge in [0, 0.05) is 6.54 Å². The molecule has 1 rings (SSSR count). The van der Waals surface area contributed by atoms with Gasteiger partial charge in [-0.15, -0.1) is 0 Å². The van der Waals surface area contributed by atoms with Gasteiger partial charge in [0.05, 0.1) is 19.2 Å². The third kappa shape index (κ3) is 3.52. The maximum atomic E-state index is 13.3. The van der Waals surface area contributed by atoms with E-state index >= 15 is 0 Å². The molecule has 3 nitrogen and oxygen atoms in total. The molecule has 0 aromatic heterocycles. The third-order valence-electron chi connectivity index (χ3n) is 2.27. The van der Waals surface area contributed by atoms with Crippen molar-refractivity contribution in [3.63, 3.8) is 0 Å². The highest BCUT2D eigenvalue weighted by Crippen LogP contribution is 2.17. The molecule has 0 aliphatic carbocycles. The number of nitrogens with one attached hydrogen (secondary N) is 1. The van der Waals surface area contributed by atoms with E-state index in [4.69, 9.17) is 10.00 Å². The molecule has 0 saturated carbocycles. The number of rotatable bonds is 5. The van der Waals surface area contributed by atoms with Crippen LogP contribution in [0, 0.1) is 17.1 Å². The van der Waals surface area contributed by atoms with E-state index in [-0.39, 0.29) is 17.6 Å². The molecule has 0 bridgehead atoms. The van der Waals surface area contributed by atoms with Crippen LogP contribution < -0.4 is 10.1 Å². The van der Waals surface area contributed by atoms with E-state index in [1.165, 1.54) is 13.2 Å². The molecule has 86 valence electrons. The van der Waals surface area contributed by atoms with Crippen molar-refractivity contribution in [3.8, 4) is 11.8 Å². The van der Waals surface area contributed by atoms with Crippen LogP contribution in [0.15, 0.2) is 18.2 Å². The van der Waals surface area contributed by atoms with E-state index < -0.39 is 0 Å². The lowest BCUT2D eigenvalue weighted by Gasteiger charge is -2.07. The molecule has 0 heterocycles. The summed E-state index contributed by atoms with van der Waals surface area (Å²) < 4.78 is 18.1. The lowest BCUT2D eigenvalue weighted by Crippen LogP contribution is -2.26. The highest BCUT2D eigenvalue weighted by molar-refractivity contribution is 5.29. The predicted molar refractivity (Wildman–Crippen MR) is 59.7 cm³/mol. The number of methoxy groups -OCH3 is 1. The first-order valence-corrected chi connectivity index (χ1v) is 5.12. The summed E-state index contributed by atoms with van der Waals surface area (Å²) in [5, 5.41) is 11.6. The Morgan fingerprint density at radius 1 is 1.56 bits per heavy atom. The zero-order valence-electron chi connectivity index (χ0n) is 9.46. The van der Waals surface area contributed by atoms with Crippen LogP contribution in [0.2, 0.25) is 0 Å². The molecule has 1 atom stereocenters. The van der Waals surface area contributed by atoms with Crippen LogP contribution in [0.4, 0.5) is 4.39 Å². The lowest BCUT2D eigenvalue weighted by molar-refractivity contribution is 0.386. The molecule has 0 aliphatic heterocycles. The first-order valence-electron chi connectivity index (χ1n) is 5.12. The first-order chi connectivity index (χ1) is 7.67. The maximum Gasteiger partial charge on any atom is 0.165 e. The summed E-state index contributed by atoms with van der Waals surface area (Å²) in [6.45, 7) is 2.44. The van der Waals surface area contributed by atoms with Crippen LogP contribution >= 0.6 is 0 Å². The normalized spacial score (nSPS) is 11.9. The number of nitriles is 1. The molecule has 0 spiro atoms. The molecule has 0 fully saturated rings. The van der Waals surface area contributed by atoms with E-state index in [0.29, 0.717) is 13.0 Å². The minimum atomic E-state index is -0.353. The van der Waals surface area contributed by atoms with Crippen LogP contribution in [0.3, 0.4) is 0 Å². The Hall–Kier alpha value is -1.60. The molecule has 0 aliphatic rings. The molecule has 1 N–H and O–H groups in total. The average molecular weight is 222 g/mol. The number of hydrogen-bond donors (Lipinski definition) is 1. The van der Waals surface area contributed by atoms with Gasteiger partial charge in [-0.05, 0) is 31.0 Å². The second-order valence-electron chi connectivity index (χ2n) is 3.52. The van der Waals surface area contributed by atoms with Crippen molar-refractivity contribution in [2.45, 2.75) is 19.4 Å². The number of hydrogen-bond acceptors (Lipinski definition) is 3. The summed E-state index contributed by atoms with van der Waals surface area (Å²) in [6.07, 6.45) is 0.687. The fourth-order valence-corrected chi connectivity index (χ4v) is 1.34. The molecule has 0 amide bonds. The topological polar surface area (TPSA) is 45.0 Å². The van der Waals surface area contributed by atoms with Crippen molar-refractivity contribution in [2.75, 3.05) is 13.7 Å². The summed E-state index contributed by atoms with van der Waals surface area (Å²) in [5.41, 5.74) is 0.885. The summed E-state index contributed by atoms with van der Waals surface area (Å²) in [7, 11) is 1.44. The molecule has 1 aromatic rings. The number of benzene rings is 1. The molecule has 1 aromatic carbocycles. The monoisotopic (exact) mass is 222 g/mol. The Morgan fingerprint density at radius 3 is 2.88 bits per heavy atom. The standard InChI is InChI=1S/C12H15FN2O/c1-9(8-14)15-6-5-10-3-4-12(16-2)11(13)7-10/h3-4,7,9,15H,5-6H2,1-2H3. The second kappa shape index (κ2) is 6.09. The van der Waals surface area contributed by atoms with Gasteiger partial charge in [0.2, 0.25) is 0 Å². The third-order valence-corrected chi connectivity index (χ3v) is 2.27. The van der Waals surface area contributed by atoms with E-state index in [0.717, 1.165) is 5.56 Å². The number of ether oxygens (including phenoxy) is 1. The van der Waals surface area contributed by atoms with Crippen molar-refractivity contribution in [3.05, 3.63) is 29.6 Å². The molecular formula is C12H15FN2O. The van der Waals surface area contributed by atoms with Crippen LogP contribution in [0.1, 0.15) is 12.5 Å². The van der Waals surface area contributed by atoms with Crippen molar-refractivity contribution in [1.82, 2.24) is 5.32 Å². The maximum absolute atomic E-state index is 13.3. The van der Waals surface area contributed by atoms with Crippen molar-refractivity contribution in [1.29, 1.82) is 5.26 Å². The highest BCUT2D eigenvalue weighted by Gasteiger charge is 2.03. The molecular weight excluding hydrogens is 207 g/mol. The Bertz CT molecular complexity index is 387.